The Balaban J connectivity index is 1.48. The monoisotopic (exact) mass is 434 g/mol. The Kier molecular flexibility index (Phi) is 5.87. The fraction of sp³-hybridized carbons (Fsp3) is 0.0455. The number of oxazole rings is 1. The molecule has 0 aliphatic heterocycles. The molecule has 2 aromatic heterocycles. The van der Waals surface area contributed by atoms with Gasteiger partial charge in [0, 0.05) is 23.9 Å². The van der Waals surface area contributed by atoms with Crippen molar-refractivity contribution >= 4 is 21.6 Å². The predicted octanol–water partition coefficient (Wildman–Crippen LogP) is 3.47. The Morgan fingerprint density at radius 1 is 0.935 bits per heavy atom. The van der Waals surface area contributed by atoms with Crippen molar-refractivity contribution in [1.29, 1.82) is 0 Å². The summed E-state index contributed by atoms with van der Waals surface area (Å²) in [6, 6.07) is 16.5. The molecule has 4 rings (SSSR count). The zero-order chi connectivity index (χ0) is 21.7. The molecule has 1 amide bonds. The fourth-order valence-corrected chi connectivity index (χ4v) is 3.95. The fourth-order valence-electron chi connectivity index (χ4n) is 2.94. The molecule has 0 fully saturated rings. The first-order valence-corrected chi connectivity index (χ1v) is 10.8. The minimum atomic E-state index is -3.78. The van der Waals surface area contributed by atoms with E-state index in [1.54, 1.807) is 60.9 Å². The maximum atomic E-state index is 12.7. The molecule has 0 saturated carbocycles. The highest BCUT2D eigenvalue weighted by Crippen LogP contribution is 2.21. The van der Waals surface area contributed by atoms with Crippen molar-refractivity contribution in [3.63, 3.8) is 0 Å². The van der Waals surface area contributed by atoms with Gasteiger partial charge in [-0.3, -0.25) is 9.78 Å². The van der Waals surface area contributed by atoms with Crippen molar-refractivity contribution in [2.24, 2.45) is 0 Å². The topological polar surface area (TPSA) is 114 Å². The molecule has 2 N–H and O–H groups in total. The van der Waals surface area contributed by atoms with Crippen LogP contribution in [0.4, 0.5) is 5.69 Å². The van der Waals surface area contributed by atoms with Crippen LogP contribution in [0.15, 0.2) is 95.0 Å². The number of carbonyl (C=O) groups excluding carboxylic acids is 1. The Morgan fingerprint density at radius 2 is 1.74 bits per heavy atom. The molecule has 0 atom stereocenters. The quantitative estimate of drug-likeness (QED) is 0.460. The maximum absolute atomic E-state index is 12.7. The van der Waals surface area contributed by atoms with Gasteiger partial charge in [-0.25, -0.2) is 18.1 Å². The van der Waals surface area contributed by atoms with E-state index in [-0.39, 0.29) is 17.3 Å². The number of pyridine rings is 1. The van der Waals surface area contributed by atoms with Crippen LogP contribution in [0.2, 0.25) is 0 Å². The van der Waals surface area contributed by atoms with Crippen molar-refractivity contribution < 1.29 is 17.6 Å². The Hall–Kier alpha value is -3.82. The van der Waals surface area contributed by atoms with Crippen LogP contribution in [0.3, 0.4) is 0 Å². The van der Waals surface area contributed by atoms with Crippen molar-refractivity contribution in [1.82, 2.24) is 14.7 Å². The highest BCUT2D eigenvalue weighted by Gasteiger charge is 2.17. The van der Waals surface area contributed by atoms with Gasteiger partial charge in [0.15, 0.2) is 12.2 Å². The Labute approximate surface area is 179 Å². The maximum Gasteiger partial charge on any atom is 0.256 e. The van der Waals surface area contributed by atoms with Crippen LogP contribution in [-0.4, -0.2) is 24.3 Å². The SMILES string of the molecule is O=C(Nc1cccnc1)c1ccccc1CNS(=O)(=O)c1ccc(-c2cnco2)cc1. The zero-order valence-electron chi connectivity index (χ0n) is 16.2. The van der Waals surface area contributed by atoms with Gasteiger partial charge in [0.05, 0.1) is 23.0 Å². The molecule has 8 nitrogen and oxygen atoms in total. The van der Waals surface area contributed by atoms with E-state index in [0.717, 1.165) is 0 Å². The summed E-state index contributed by atoms with van der Waals surface area (Å²) >= 11 is 0. The largest absolute Gasteiger partial charge is 0.444 e. The minimum Gasteiger partial charge on any atom is -0.444 e. The summed E-state index contributed by atoms with van der Waals surface area (Å²) in [5, 5.41) is 2.75. The molecule has 0 radical (unpaired) electrons. The second-order valence-electron chi connectivity index (χ2n) is 6.57. The summed E-state index contributed by atoms with van der Waals surface area (Å²) in [6.45, 7) is -0.0389. The zero-order valence-corrected chi connectivity index (χ0v) is 17.0. The molecule has 9 heteroatoms. The number of benzene rings is 2. The summed E-state index contributed by atoms with van der Waals surface area (Å²) < 4.78 is 33.2. The lowest BCUT2D eigenvalue weighted by Crippen LogP contribution is -2.25. The first-order valence-electron chi connectivity index (χ1n) is 9.31. The number of sulfonamides is 1. The highest BCUT2D eigenvalue weighted by molar-refractivity contribution is 7.89. The molecule has 0 saturated heterocycles. The number of anilines is 1. The molecule has 2 aromatic carbocycles. The van der Waals surface area contributed by atoms with Crippen molar-refractivity contribution in [3.05, 3.63) is 96.8 Å². The average Bonchev–Trinajstić information content (AvgIpc) is 3.34. The summed E-state index contributed by atoms with van der Waals surface area (Å²) in [5.74, 6) is 0.199. The van der Waals surface area contributed by atoms with Crippen LogP contribution >= 0.6 is 0 Å². The number of rotatable bonds is 7. The summed E-state index contributed by atoms with van der Waals surface area (Å²) in [6.07, 6.45) is 6.00. The first kappa shape index (κ1) is 20.5. The van der Waals surface area contributed by atoms with Gasteiger partial charge in [-0.05, 0) is 48.0 Å². The molecule has 0 bridgehead atoms. The smallest absolute Gasteiger partial charge is 0.256 e. The molecule has 0 spiro atoms. The number of aromatic nitrogens is 2. The van der Waals surface area contributed by atoms with Crippen LogP contribution in [0.5, 0.6) is 0 Å². The van der Waals surface area contributed by atoms with Gasteiger partial charge in [0.1, 0.15) is 0 Å². The molecular weight excluding hydrogens is 416 g/mol. The summed E-state index contributed by atoms with van der Waals surface area (Å²) in [7, 11) is -3.78. The molecular formula is C22H18N4O4S. The van der Waals surface area contributed by atoms with E-state index in [9.17, 15) is 13.2 Å². The van der Waals surface area contributed by atoms with Crippen molar-refractivity contribution in [3.8, 4) is 11.3 Å². The van der Waals surface area contributed by atoms with Crippen LogP contribution in [0.1, 0.15) is 15.9 Å². The number of hydrogen-bond acceptors (Lipinski definition) is 6. The van der Waals surface area contributed by atoms with Gasteiger partial charge in [-0.2, -0.15) is 0 Å². The summed E-state index contributed by atoms with van der Waals surface area (Å²) in [4.78, 5) is 20.6. The van der Waals surface area contributed by atoms with E-state index in [0.29, 0.717) is 28.1 Å². The molecule has 0 unspecified atom stereocenters. The number of amides is 1. The van der Waals surface area contributed by atoms with E-state index in [1.165, 1.54) is 24.7 Å². The Morgan fingerprint density at radius 3 is 2.45 bits per heavy atom. The van der Waals surface area contributed by atoms with E-state index in [4.69, 9.17) is 4.42 Å². The third kappa shape index (κ3) is 4.85. The number of hydrogen-bond donors (Lipinski definition) is 2. The lowest BCUT2D eigenvalue weighted by molar-refractivity contribution is 0.102. The normalized spacial score (nSPS) is 11.2. The van der Waals surface area contributed by atoms with Crippen LogP contribution in [0, 0.1) is 0 Å². The lowest BCUT2D eigenvalue weighted by atomic mass is 10.1. The van der Waals surface area contributed by atoms with E-state index < -0.39 is 10.0 Å². The molecule has 31 heavy (non-hydrogen) atoms. The van der Waals surface area contributed by atoms with Crippen LogP contribution < -0.4 is 10.0 Å². The molecule has 0 aliphatic carbocycles. The van der Waals surface area contributed by atoms with Crippen molar-refractivity contribution in [2.75, 3.05) is 5.32 Å². The second-order valence-corrected chi connectivity index (χ2v) is 8.33. The van der Waals surface area contributed by atoms with E-state index in [1.807, 2.05) is 0 Å². The van der Waals surface area contributed by atoms with Gasteiger partial charge in [0.25, 0.3) is 5.91 Å². The standard InChI is InChI=1S/C22H18N4O4S/c27-22(26-18-5-3-11-23-13-18)20-6-2-1-4-17(20)12-25-31(28,29)19-9-7-16(8-10-19)21-14-24-15-30-21/h1-11,13-15,25H,12H2,(H,26,27). The second kappa shape index (κ2) is 8.90. The Bertz CT molecular complexity index is 1270. The molecule has 0 aliphatic rings. The average molecular weight is 434 g/mol. The third-order valence-electron chi connectivity index (χ3n) is 4.52. The van der Waals surface area contributed by atoms with E-state index in [2.05, 4.69) is 20.0 Å². The first-order chi connectivity index (χ1) is 15.0. The van der Waals surface area contributed by atoms with Crippen LogP contribution in [-0.2, 0) is 16.6 Å². The van der Waals surface area contributed by atoms with Gasteiger partial charge in [-0.1, -0.05) is 18.2 Å². The molecule has 2 heterocycles. The van der Waals surface area contributed by atoms with Gasteiger partial charge < -0.3 is 9.73 Å². The van der Waals surface area contributed by atoms with Crippen LogP contribution in [0.25, 0.3) is 11.3 Å². The van der Waals surface area contributed by atoms with Crippen molar-refractivity contribution in [2.45, 2.75) is 11.4 Å². The predicted molar refractivity (Wildman–Crippen MR) is 115 cm³/mol. The number of nitrogens with one attached hydrogen (secondary N) is 2. The highest BCUT2D eigenvalue weighted by atomic mass is 32.2. The number of carbonyl (C=O) groups is 1. The third-order valence-corrected chi connectivity index (χ3v) is 5.93. The van der Waals surface area contributed by atoms with Gasteiger partial charge in [0.2, 0.25) is 10.0 Å². The lowest BCUT2D eigenvalue weighted by Gasteiger charge is -2.12. The number of nitrogens with zero attached hydrogens (tertiary/aromatic N) is 2. The van der Waals surface area contributed by atoms with E-state index >= 15 is 0 Å². The molecule has 156 valence electrons. The van der Waals surface area contributed by atoms with Gasteiger partial charge >= 0.3 is 0 Å². The molecule has 4 aromatic rings. The van der Waals surface area contributed by atoms with Gasteiger partial charge in [-0.15, -0.1) is 0 Å². The summed E-state index contributed by atoms with van der Waals surface area (Å²) in [5.41, 5.74) is 2.18. The minimum absolute atomic E-state index is 0.0389.